The van der Waals surface area contributed by atoms with Crippen LogP contribution in [0.25, 0.3) is 6.08 Å². The molecule has 0 unspecified atom stereocenters. The molecule has 1 aromatic rings. The summed E-state index contributed by atoms with van der Waals surface area (Å²) in [7, 11) is 2.25. The van der Waals surface area contributed by atoms with Crippen LogP contribution in [0, 0.1) is 0 Å². The largest absolute Gasteiger partial charge is 0.295 e. The molecule has 0 spiro atoms. The normalized spacial score (nSPS) is 22.8. The summed E-state index contributed by atoms with van der Waals surface area (Å²) < 4.78 is 0. The third-order valence-electron chi connectivity index (χ3n) is 4.31. The first-order valence-corrected chi connectivity index (χ1v) is 6.80. The van der Waals surface area contributed by atoms with E-state index in [1.807, 2.05) is 0 Å². The fraction of sp³-hybridized carbons (Fsp3) is 0.529. The highest BCUT2D eigenvalue weighted by Gasteiger charge is 2.40. The summed E-state index contributed by atoms with van der Waals surface area (Å²) >= 11 is 0. The second-order valence-electron chi connectivity index (χ2n) is 6.75. The lowest BCUT2D eigenvalue weighted by atomic mass is 9.77. The zero-order valence-corrected chi connectivity index (χ0v) is 12.3. The average molecular weight is 243 g/mol. The zero-order valence-electron chi connectivity index (χ0n) is 12.3. The van der Waals surface area contributed by atoms with Gasteiger partial charge in [-0.05, 0) is 53.1 Å². The minimum atomic E-state index is 0.238. The van der Waals surface area contributed by atoms with Crippen molar-refractivity contribution in [2.45, 2.75) is 51.6 Å². The van der Waals surface area contributed by atoms with Gasteiger partial charge in [-0.3, -0.25) is 4.90 Å². The summed E-state index contributed by atoms with van der Waals surface area (Å²) in [6.07, 6.45) is 4.68. The summed E-state index contributed by atoms with van der Waals surface area (Å²) in [6, 6.07) is 10.7. The van der Waals surface area contributed by atoms with E-state index in [9.17, 15) is 0 Å². The van der Waals surface area contributed by atoms with E-state index in [-0.39, 0.29) is 11.1 Å². The average Bonchev–Trinajstić information content (AvgIpc) is 2.26. The molecule has 1 saturated heterocycles. The predicted octanol–water partition coefficient (Wildman–Crippen LogP) is 4.35. The molecule has 1 aromatic carbocycles. The Labute approximate surface area is 112 Å². The van der Waals surface area contributed by atoms with Crippen molar-refractivity contribution in [3.63, 3.8) is 0 Å². The number of hydrogen-bond donors (Lipinski definition) is 0. The van der Waals surface area contributed by atoms with Crippen molar-refractivity contribution in [3.8, 4) is 0 Å². The summed E-state index contributed by atoms with van der Waals surface area (Å²) in [5.41, 5.74) is 3.36. The molecule has 1 aliphatic heterocycles. The molecule has 0 atom stereocenters. The van der Waals surface area contributed by atoms with Crippen LogP contribution in [0.2, 0.25) is 0 Å². The maximum Gasteiger partial charge on any atom is 0.0192 e. The first kappa shape index (κ1) is 13.4. The molecule has 1 aliphatic rings. The smallest absolute Gasteiger partial charge is 0.0192 e. The quantitative estimate of drug-likeness (QED) is 0.708. The van der Waals surface area contributed by atoms with Crippen molar-refractivity contribution in [3.05, 3.63) is 41.5 Å². The molecule has 0 amide bonds. The minimum Gasteiger partial charge on any atom is -0.295 e. The molecule has 1 heterocycles. The van der Waals surface area contributed by atoms with Crippen LogP contribution in [0.15, 0.2) is 35.9 Å². The molecule has 1 nitrogen and oxygen atoms in total. The van der Waals surface area contributed by atoms with Crippen LogP contribution in [0.4, 0.5) is 0 Å². The molecule has 0 N–H and O–H groups in total. The van der Waals surface area contributed by atoms with Crippen LogP contribution >= 0.6 is 0 Å². The molecule has 0 bridgehead atoms. The van der Waals surface area contributed by atoms with E-state index in [4.69, 9.17) is 0 Å². The molecule has 0 radical (unpaired) electrons. The topological polar surface area (TPSA) is 3.24 Å². The van der Waals surface area contributed by atoms with Crippen LogP contribution in [0.3, 0.4) is 0 Å². The van der Waals surface area contributed by atoms with Gasteiger partial charge >= 0.3 is 0 Å². The van der Waals surface area contributed by atoms with Crippen LogP contribution < -0.4 is 0 Å². The standard InChI is InChI=1S/C17H25N/c1-16(2)12-15(13-17(3,4)18(16)5)11-14-9-7-6-8-10-14/h6-11H,12-13H2,1-5H3. The van der Waals surface area contributed by atoms with Gasteiger partial charge < -0.3 is 0 Å². The monoisotopic (exact) mass is 243 g/mol. The van der Waals surface area contributed by atoms with Crippen LogP contribution in [0.1, 0.15) is 46.1 Å². The Morgan fingerprint density at radius 3 is 1.94 bits per heavy atom. The molecular formula is C17H25N. The maximum absolute atomic E-state index is 2.52. The third kappa shape index (κ3) is 2.67. The summed E-state index contributed by atoms with van der Waals surface area (Å²) in [6.45, 7) is 9.36. The Hall–Kier alpha value is -1.08. The van der Waals surface area contributed by atoms with Gasteiger partial charge in [-0.15, -0.1) is 0 Å². The first-order valence-electron chi connectivity index (χ1n) is 6.80. The maximum atomic E-state index is 2.52. The third-order valence-corrected chi connectivity index (χ3v) is 4.31. The lowest BCUT2D eigenvalue weighted by molar-refractivity contribution is 0.0216. The van der Waals surface area contributed by atoms with Gasteiger partial charge in [0.15, 0.2) is 0 Å². The summed E-state index contributed by atoms with van der Waals surface area (Å²) in [5, 5.41) is 0. The second kappa shape index (κ2) is 4.55. The predicted molar refractivity (Wildman–Crippen MR) is 79.6 cm³/mol. The molecule has 0 aromatic heterocycles. The number of benzene rings is 1. The van der Waals surface area contributed by atoms with Gasteiger partial charge in [0.1, 0.15) is 0 Å². The van der Waals surface area contributed by atoms with Crippen molar-refractivity contribution < 1.29 is 0 Å². The van der Waals surface area contributed by atoms with E-state index in [2.05, 4.69) is 76.1 Å². The van der Waals surface area contributed by atoms with Gasteiger partial charge in [-0.1, -0.05) is 42.0 Å². The van der Waals surface area contributed by atoms with E-state index in [0.29, 0.717) is 0 Å². The summed E-state index contributed by atoms with van der Waals surface area (Å²) in [5.74, 6) is 0. The van der Waals surface area contributed by atoms with Gasteiger partial charge in [0.2, 0.25) is 0 Å². The molecule has 98 valence electrons. The molecule has 1 heteroatoms. The van der Waals surface area contributed by atoms with E-state index < -0.39 is 0 Å². The number of hydrogen-bond acceptors (Lipinski definition) is 1. The molecule has 1 fully saturated rings. The Morgan fingerprint density at radius 1 is 0.944 bits per heavy atom. The van der Waals surface area contributed by atoms with Gasteiger partial charge in [0.05, 0.1) is 0 Å². The highest BCUT2D eigenvalue weighted by atomic mass is 15.2. The van der Waals surface area contributed by atoms with Crippen molar-refractivity contribution in [2.75, 3.05) is 7.05 Å². The summed E-state index contributed by atoms with van der Waals surface area (Å²) in [4.78, 5) is 2.52. The Kier molecular flexibility index (Phi) is 3.37. The number of nitrogens with zero attached hydrogens (tertiary/aromatic N) is 1. The van der Waals surface area contributed by atoms with Crippen LogP contribution in [0.5, 0.6) is 0 Å². The van der Waals surface area contributed by atoms with Gasteiger partial charge in [0.25, 0.3) is 0 Å². The van der Waals surface area contributed by atoms with Gasteiger partial charge in [-0.2, -0.15) is 0 Å². The fourth-order valence-corrected chi connectivity index (χ4v) is 3.12. The van der Waals surface area contributed by atoms with Gasteiger partial charge in [0, 0.05) is 11.1 Å². The Balaban J connectivity index is 2.29. The lowest BCUT2D eigenvalue weighted by Gasteiger charge is -2.52. The lowest BCUT2D eigenvalue weighted by Crippen LogP contribution is -2.56. The SMILES string of the molecule is CN1C(C)(C)CC(=Cc2ccccc2)CC1(C)C. The van der Waals surface area contributed by atoms with E-state index in [1.165, 1.54) is 5.56 Å². The molecule has 18 heavy (non-hydrogen) atoms. The minimum absolute atomic E-state index is 0.238. The molecule has 2 rings (SSSR count). The van der Waals surface area contributed by atoms with Crippen LogP contribution in [-0.2, 0) is 0 Å². The second-order valence-corrected chi connectivity index (χ2v) is 6.75. The molecular weight excluding hydrogens is 218 g/mol. The Morgan fingerprint density at radius 2 is 1.44 bits per heavy atom. The van der Waals surface area contributed by atoms with E-state index in [1.54, 1.807) is 5.57 Å². The number of piperidine rings is 1. The fourth-order valence-electron chi connectivity index (χ4n) is 3.12. The number of likely N-dealkylation sites (tertiary alicyclic amines) is 1. The van der Waals surface area contributed by atoms with Crippen LogP contribution in [-0.4, -0.2) is 23.0 Å². The number of rotatable bonds is 1. The van der Waals surface area contributed by atoms with Crippen molar-refractivity contribution >= 4 is 6.08 Å². The van der Waals surface area contributed by atoms with Crippen molar-refractivity contribution in [1.82, 2.24) is 4.90 Å². The van der Waals surface area contributed by atoms with E-state index in [0.717, 1.165) is 12.8 Å². The molecule has 0 saturated carbocycles. The highest BCUT2D eigenvalue weighted by molar-refractivity contribution is 5.53. The Bertz CT molecular complexity index is 420. The van der Waals surface area contributed by atoms with E-state index >= 15 is 0 Å². The highest BCUT2D eigenvalue weighted by Crippen LogP contribution is 2.40. The van der Waals surface area contributed by atoms with Gasteiger partial charge in [-0.25, -0.2) is 0 Å². The zero-order chi connectivity index (χ0) is 13.4. The van der Waals surface area contributed by atoms with Crippen molar-refractivity contribution in [2.24, 2.45) is 0 Å². The first-order chi connectivity index (χ1) is 8.31. The van der Waals surface area contributed by atoms with Crippen molar-refractivity contribution in [1.29, 1.82) is 0 Å². The molecule has 0 aliphatic carbocycles.